The second kappa shape index (κ2) is 6.89. The van der Waals surface area contributed by atoms with Gasteiger partial charge in [0.15, 0.2) is 0 Å². The van der Waals surface area contributed by atoms with E-state index in [0.717, 1.165) is 52.7 Å². The van der Waals surface area contributed by atoms with E-state index < -0.39 is 6.10 Å². The number of hydrogen-bond donors (Lipinski definition) is 1. The third-order valence-electron chi connectivity index (χ3n) is 5.00. The third kappa shape index (κ3) is 2.76. The zero-order valence-corrected chi connectivity index (χ0v) is 15.0. The lowest BCUT2D eigenvalue weighted by atomic mass is 9.88. The summed E-state index contributed by atoms with van der Waals surface area (Å²) in [6.07, 6.45) is 2.01. The van der Waals surface area contributed by atoms with Crippen molar-refractivity contribution < 1.29 is 19.3 Å². The molecular weight excluding hydrogens is 328 g/mol. The van der Waals surface area contributed by atoms with Crippen molar-refractivity contribution in [3.63, 3.8) is 0 Å². The van der Waals surface area contributed by atoms with Gasteiger partial charge >= 0.3 is 0 Å². The summed E-state index contributed by atoms with van der Waals surface area (Å²) in [6, 6.07) is 15.6. The second-order valence-electron chi connectivity index (χ2n) is 6.48. The lowest BCUT2D eigenvalue weighted by Gasteiger charge is -2.26. The summed E-state index contributed by atoms with van der Waals surface area (Å²) in [5, 5.41) is 12.6. The average molecular weight is 350 g/mol. The minimum Gasteiger partial charge on any atom is -0.496 e. The Labute approximate surface area is 152 Å². The van der Waals surface area contributed by atoms with E-state index in [1.807, 2.05) is 48.5 Å². The van der Waals surface area contributed by atoms with Gasteiger partial charge in [0.1, 0.15) is 23.0 Å². The lowest BCUT2D eigenvalue weighted by molar-refractivity contribution is 0.152. The SMILES string of the molecule is COc1ccc(Oc2cccc3cccc(OC)c23)c2c1CCCC2O. The first-order valence-corrected chi connectivity index (χ1v) is 8.84. The topological polar surface area (TPSA) is 47.9 Å². The van der Waals surface area contributed by atoms with Crippen LogP contribution in [-0.4, -0.2) is 19.3 Å². The molecule has 1 aliphatic carbocycles. The van der Waals surface area contributed by atoms with Crippen LogP contribution < -0.4 is 14.2 Å². The highest BCUT2D eigenvalue weighted by molar-refractivity contribution is 5.94. The Kier molecular flexibility index (Phi) is 4.43. The van der Waals surface area contributed by atoms with Crippen LogP contribution in [0.25, 0.3) is 10.8 Å². The molecule has 4 nitrogen and oxygen atoms in total. The van der Waals surface area contributed by atoms with E-state index in [4.69, 9.17) is 14.2 Å². The minimum atomic E-state index is -0.541. The first kappa shape index (κ1) is 16.7. The van der Waals surface area contributed by atoms with Crippen molar-refractivity contribution in [2.24, 2.45) is 0 Å². The van der Waals surface area contributed by atoms with Crippen LogP contribution in [0.1, 0.15) is 30.1 Å². The molecule has 1 unspecified atom stereocenters. The van der Waals surface area contributed by atoms with Crippen LogP contribution in [0.15, 0.2) is 48.5 Å². The van der Waals surface area contributed by atoms with Gasteiger partial charge in [-0.15, -0.1) is 0 Å². The van der Waals surface area contributed by atoms with Crippen molar-refractivity contribution in [2.45, 2.75) is 25.4 Å². The number of rotatable bonds is 4. The number of methoxy groups -OCH3 is 2. The molecule has 0 bridgehead atoms. The summed E-state index contributed by atoms with van der Waals surface area (Å²) in [5.74, 6) is 2.96. The molecule has 0 amide bonds. The number of hydrogen-bond acceptors (Lipinski definition) is 4. The van der Waals surface area contributed by atoms with E-state index in [-0.39, 0.29) is 0 Å². The highest BCUT2D eigenvalue weighted by atomic mass is 16.5. The molecule has 3 aromatic carbocycles. The Morgan fingerprint density at radius 2 is 1.54 bits per heavy atom. The minimum absolute atomic E-state index is 0.541. The van der Waals surface area contributed by atoms with Crippen molar-refractivity contribution in [1.82, 2.24) is 0 Å². The van der Waals surface area contributed by atoms with Gasteiger partial charge in [0, 0.05) is 11.1 Å². The monoisotopic (exact) mass is 350 g/mol. The van der Waals surface area contributed by atoms with E-state index in [9.17, 15) is 5.11 Å². The average Bonchev–Trinajstić information content (AvgIpc) is 2.68. The molecule has 1 atom stereocenters. The van der Waals surface area contributed by atoms with Gasteiger partial charge in [-0.25, -0.2) is 0 Å². The Balaban J connectivity index is 1.85. The molecule has 4 rings (SSSR count). The van der Waals surface area contributed by atoms with Crippen LogP contribution in [0.3, 0.4) is 0 Å². The van der Waals surface area contributed by atoms with Gasteiger partial charge in [-0.3, -0.25) is 0 Å². The predicted molar refractivity (Wildman–Crippen MR) is 101 cm³/mol. The van der Waals surface area contributed by atoms with Crippen LogP contribution in [0.4, 0.5) is 0 Å². The molecule has 3 aromatic rings. The number of aliphatic hydroxyl groups excluding tert-OH is 1. The Morgan fingerprint density at radius 3 is 2.27 bits per heavy atom. The molecule has 0 heterocycles. The van der Waals surface area contributed by atoms with Gasteiger partial charge in [-0.1, -0.05) is 24.3 Å². The number of fused-ring (bicyclic) bond motifs is 2. The first-order chi connectivity index (χ1) is 12.7. The van der Waals surface area contributed by atoms with E-state index in [1.165, 1.54) is 0 Å². The number of ether oxygens (including phenoxy) is 3. The van der Waals surface area contributed by atoms with Crippen LogP contribution in [-0.2, 0) is 6.42 Å². The molecular formula is C22H22O4. The largest absolute Gasteiger partial charge is 0.496 e. The number of benzene rings is 3. The second-order valence-corrected chi connectivity index (χ2v) is 6.48. The molecule has 0 saturated heterocycles. The highest BCUT2D eigenvalue weighted by Gasteiger charge is 2.26. The smallest absolute Gasteiger partial charge is 0.139 e. The number of aliphatic hydroxyl groups is 1. The van der Waals surface area contributed by atoms with Crippen LogP contribution in [0.2, 0.25) is 0 Å². The van der Waals surface area contributed by atoms with Crippen molar-refractivity contribution in [2.75, 3.05) is 14.2 Å². The molecule has 4 heteroatoms. The van der Waals surface area contributed by atoms with Crippen molar-refractivity contribution in [3.05, 3.63) is 59.7 Å². The molecule has 0 fully saturated rings. The quantitative estimate of drug-likeness (QED) is 0.718. The predicted octanol–water partition coefficient (Wildman–Crippen LogP) is 5.02. The molecule has 0 radical (unpaired) electrons. The van der Waals surface area contributed by atoms with Crippen molar-refractivity contribution in [3.8, 4) is 23.0 Å². The summed E-state index contributed by atoms with van der Waals surface area (Å²) < 4.78 is 17.3. The standard InChI is InChI=1S/C22H22O4/c1-24-17-12-13-20(22-15(17)8-5-9-16(22)23)26-19-11-4-7-14-6-3-10-18(25-2)21(14)19/h3-4,6-7,10-13,16,23H,5,8-9H2,1-2H3. The first-order valence-electron chi connectivity index (χ1n) is 8.84. The lowest BCUT2D eigenvalue weighted by Crippen LogP contribution is -2.12. The van der Waals surface area contributed by atoms with Gasteiger partial charge < -0.3 is 19.3 Å². The van der Waals surface area contributed by atoms with E-state index in [2.05, 4.69) is 0 Å². The zero-order valence-electron chi connectivity index (χ0n) is 15.0. The Morgan fingerprint density at radius 1 is 0.846 bits per heavy atom. The van der Waals surface area contributed by atoms with Gasteiger partial charge in [0.2, 0.25) is 0 Å². The Hall–Kier alpha value is -2.72. The van der Waals surface area contributed by atoms with Gasteiger partial charge in [-0.2, -0.15) is 0 Å². The fourth-order valence-corrected chi connectivity index (χ4v) is 3.79. The van der Waals surface area contributed by atoms with Crippen LogP contribution in [0.5, 0.6) is 23.0 Å². The molecule has 0 aromatic heterocycles. The van der Waals surface area contributed by atoms with E-state index in [0.29, 0.717) is 11.5 Å². The molecule has 134 valence electrons. The van der Waals surface area contributed by atoms with Gasteiger partial charge in [-0.05, 0) is 48.9 Å². The summed E-state index contributed by atoms with van der Waals surface area (Å²) >= 11 is 0. The Bertz CT molecular complexity index is 943. The molecule has 1 N–H and O–H groups in total. The molecule has 0 spiro atoms. The summed E-state index contributed by atoms with van der Waals surface area (Å²) in [4.78, 5) is 0. The third-order valence-corrected chi connectivity index (χ3v) is 5.00. The van der Waals surface area contributed by atoms with Crippen LogP contribution >= 0.6 is 0 Å². The maximum atomic E-state index is 10.6. The van der Waals surface area contributed by atoms with Crippen molar-refractivity contribution >= 4 is 10.8 Å². The maximum Gasteiger partial charge on any atom is 0.139 e. The van der Waals surface area contributed by atoms with Crippen molar-refractivity contribution in [1.29, 1.82) is 0 Å². The zero-order chi connectivity index (χ0) is 18.1. The van der Waals surface area contributed by atoms with Gasteiger partial charge in [0.05, 0.1) is 25.7 Å². The van der Waals surface area contributed by atoms with Crippen LogP contribution in [0, 0.1) is 0 Å². The normalized spacial score (nSPS) is 16.2. The summed E-state index contributed by atoms with van der Waals surface area (Å²) in [5.41, 5.74) is 1.87. The molecule has 26 heavy (non-hydrogen) atoms. The summed E-state index contributed by atoms with van der Waals surface area (Å²) in [6.45, 7) is 0. The summed E-state index contributed by atoms with van der Waals surface area (Å²) in [7, 11) is 3.32. The molecule has 0 aliphatic heterocycles. The van der Waals surface area contributed by atoms with E-state index >= 15 is 0 Å². The van der Waals surface area contributed by atoms with Gasteiger partial charge in [0.25, 0.3) is 0 Å². The highest BCUT2D eigenvalue weighted by Crippen LogP contribution is 2.44. The van der Waals surface area contributed by atoms with E-state index in [1.54, 1.807) is 14.2 Å². The molecule has 0 saturated carbocycles. The maximum absolute atomic E-state index is 10.6. The fourth-order valence-electron chi connectivity index (χ4n) is 3.79. The molecule has 1 aliphatic rings. The fraction of sp³-hybridized carbons (Fsp3) is 0.273.